The summed E-state index contributed by atoms with van der Waals surface area (Å²) < 4.78 is 10.5. The maximum Gasteiger partial charge on any atom is 0.407 e. The quantitative estimate of drug-likeness (QED) is 0.392. The van der Waals surface area contributed by atoms with Crippen LogP contribution in [0.5, 0.6) is 0 Å². The molecule has 3 N–H and O–H groups in total. The van der Waals surface area contributed by atoms with Gasteiger partial charge in [-0.15, -0.1) is 0 Å². The summed E-state index contributed by atoms with van der Waals surface area (Å²) in [7, 11) is 0. The van der Waals surface area contributed by atoms with E-state index < -0.39 is 17.8 Å². The Kier molecular flexibility index (Phi) is 10.4. The Morgan fingerprint density at radius 3 is 2.20 bits per heavy atom. The molecule has 0 saturated heterocycles. The summed E-state index contributed by atoms with van der Waals surface area (Å²) in [5.74, 6) is -0.212. The van der Waals surface area contributed by atoms with Crippen molar-refractivity contribution in [3.63, 3.8) is 0 Å². The molecule has 2 atom stereocenters. The molecule has 10 nitrogen and oxygen atoms in total. The van der Waals surface area contributed by atoms with Gasteiger partial charge in [0.15, 0.2) is 0 Å². The van der Waals surface area contributed by atoms with Crippen molar-refractivity contribution in [3.05, 3.63) is 53.6 Å². The van der Waals surface area contributed by atoms with E-state index in [0.717, 1.165) is 27.9 Å². The van der Waals surface area contributed by atoms with E-state index >= 15 is 0 Å². The number of hydrogen-bond donors (Lipinski definition) is 3. The number of fused-ring (bicyclic) bond motifs is 1. The molecule has 1 aliphatic heterocycles. The number of hydrogen-bond acceptors (Lipinski definition) is 6. The zero-order chi connectivity index (χ0) is 30.3. The molecule has 0 bridgehead atoms. The number of benzene rings is 2. The zero-order valence-corrected chi connectivity index (χ0v) is 25.0. The second-order valence-corrected chi connectivity index (χ2v) is 11.6. The summed E-state index contributed by atoms with van der Waals surface area (Å²) in [6, 6.07) is 13.1. The lowest BCUT2D eigenvalue weighted by Gasteiger charge is -2.39. The van der Waals surface area contributed by atoms with Gasteiger partial charge in [-0.1, -0.05) is 30.3 Å². The van der Waals surface area contributed by atoms with Crippen molar-refractivity contribution >= 4 is 29.7 Å². The second kappa shape index (κ2) is 13.5. The number of anilines is 1. The monoisotopic (exact) mass is 566 g/mol. The van der Waals surface area contributed by atoms with Crippen molar-refractivity contribution in [2.24, 2.45) is 0 Å². The van der Waals surface area contributed by atoms with E-state index in [2.05, 4.69) is 16.0 Å². The predicted molar refractivity (Wildman–Crippen MR) is 158 cm³/mol. The summed E-state index contributed by atoms with van der Waals surface area (Å²) in [4.78, 5) is 50.7. The van der Waals surface area contributed by atoms with Gasteiger partial charge in [-0.05, 0) is 82.3 Å². The van der Waals surface area contributed by atoms with E-state index in [4.69, 9.17) is 9.47 Å². The fourth-order valence-corrected chi connectivity index (χ4v) is 4.79. The number of nitrogens with one attached hydrogen (secondary N) is 3. The fourth-order valence-electron chi connectivity index (χ4n) is 4.79. The second-order valence-electron chi connectivity index (χ2n) is 11.6. The standard InChI is InChI=1S/C31H42N4O6/c1-19(2)40-30(39)34-26-16-20(3)35(21(4)36)27-13-12-24(18-25(26)27)23-10-8-22(9-11-23)17-28(37)32-14-15-33-29(38)41-31(5,6)7/h8-13,18-20,26H,14-17H2,1-7H3,(H,32,37)(H,33,38)(H,34,39)/t20-,26+/m0/s1. The molecule has 4 amide bonds. The van der Waals surface area contributed by atoms with Crippen LogP contribution in [0, 0.1) is 0 Å². The van der Waals surface area contributed by atoms with Crippen LogP contribution in [0.4, 0.5) is 15.3 Å². The molecule has 41 heavy (non-hydrogen) atoms. The van der Waals surface area contributed by atoms with Gasteiger partial charge in [-0.3, -0.25) is 9.59 Å². The molecule has 222 valence electrons. The number of amides is 4. The third kappa shape index (κ3) is 9.23. The summed E-state index contributed by atoms with van der Waals surface area (Å²) in [5, 5.41) is 8.37. The molecule has 3 rings (SSSR count). The van der Waals surface area contributed by atoms with Crippen LogP contribution >= 0.6 is 0 Å². The summed E-state index contributed by atoms with van der Waals surface area (Å²) in [6.45, 7) is 13.0. The van der Waals surface area contributed by atoms with Crippen molar-refractivity contribution < 1.29 is 28.7 Å². The van der Waals surface area contributed by atoms with Gasteiger partial charge in [-0.2, -0.15) is 0 Å². The van der Waals surface area contributed by atoms with Gasteiger partial charge in [-0.25, -0.2) is 9.59 Å². The van der Waals surface area contributed by atoms with E-state index in [-0.39, 0.29) is 43.0 Å². The van der Waals surface area contributed by atoms with Crippen LogP contribution in [-0.2, 0) is 25.5 Å². The van der Waals surface area contributed by atoms with Crippen LogP contribution in [0.1, 0.15) is 72.1 Å². The Balaban J connectivity index is 1.67. The molecule has 0 unspecified atom stereocenters. The number of rotatable bonds is 8. The lowest BCUT2D eigenvalue weighted by atomic mass is 9.89. The molecule has 2 aromatic carbocycles. The first-order valence-corrected chi connectivity index (χ1v) is 14.0. The molecule has 0 radical (unpaired) electrons. The highest BCUT2D eigenvalue weighted by Gasteiger charge is 2.33. The third-order valence-corrected chi connectivity index (χ3v) is 6.42. The van der Waals surface area contributed by atoms with E-state index in [1.54, 1.807) is 46.4 Å². The molecule has 0 saturated carbocycles. The molecule has 2 aromatic rings. The van der Waals surface area contributed by atoms with Crippen LogP contribution in [0.15, 0.2) is 42.5 Å². The van der Waals surface area contributed by atoms with Gasteiger partial charge in [0.2, 0.25) is 11.8 Å². The smallest absolute Gasteiger partial charge is 0.407 e. The first-order chi connectivity index (χ1) is 19.2. The minimum Gasteiger partial charge on any atom is -0.447 e. The van der Waals surface area contributed by atoms with Gasteiger partial charge in [0.05, 0.1) is 18.6 Å². The van der Waals surface area contributed by atoms with Gasteiger partial charge in [0, 0.05) is 31.7 Å². The van der Waals surface area contributed by atoms with Crippen LogP contribution in [0.25, 0.3) is 11.1 Å². The van der Waals surface area contributed by atoms with Gasteiger partial charge >= 0.3 is 12.2 Å². The fraction of sp³-hybridized carbons (Fsp3) is 0.484. The Bertz CT molecular complexity index is 1250. The van der Waals surface area contributed by atoms with E-state index in [0.29, 0.717) is 13.0 Å². The van der Waals surface area contributed by atoms with Crippen molar-refractivity contribution in [2.75, 3.05) is 18.0 Å². The molecule has 0 fully saturated rings. The lowest BCUT2D eigenvalue weighted by molar-refractivity contribution is -0.120. The van der Waals surface area contributed by atoms with Crippen molar-refractivity contribution in [1.29, 1.82) is 0 Å². The number of carbonyl (C=O) groups excluding carboxylic acids is 4. The molecule has 0 aliphatic carbocycles. The molecule has 0 spiro atoms. The highest BCUT2D eigenvalue weighted by atomic mass is 16.6. The number of ether oxygens (including phenoxy) is 2. The average molecular weight is 567 g/mol. The van der Waals surface area contributed by atoms with Crippen LogP contribution in [0.2, 0.25) is 0 Å². The van der Waals surface area contributed by atoms with E-state index in [1.807, 2.05) is 49.4 Å². The summed E-state index contributed by atoms with van der Waals surface area (Å²) >= 11 is 0. The zero-order valence-electron chi connectivity index (χ0n) is 25.0. The van der Waals surface area contributed by atoms with Crippen molar-refractivity contribution in [2.45, 2.75) is 85.1 Å². The van der Waals surface area contributed by atoms with E-state index in [9.17, 15) is 19.2 Å². The van der Waals surface area contributed by atoms with Crippen LogP contribution in [0.3, 0.4) is 0 Å². The molecule has 1 heterocycles. The molecule has 10 heteroatoms. The average Bonchev–Trinajstić information content (AvgIpc) is 2.85. The Labute approximate surface area is 242 Å². The first kappa shape index (κ1) is 31.4. The number of nitrogens with zero attached hydrogens (tertiary/aromatic N) is 1. The van der Waals surface area contributed by atoms with Gasteiger partial charge in [0.1, 0.15) is 5.60 Å². The molecular weight excluding hydrogens is 524 g/mol. The summed E-state index contributed by atoms with van der Waals surface area (Å²) in [6.07, 6.45) is -0.500. The minimum absolute atomic E-state index is 0.0574. The lowest BCUT2D eigenvalue weighted by Crippen LogP contribution is -2.45. The van der Waals surface area contributed by atoms with E-state index in [1.165, 1.54) is 0 Å². The molecular formula is C31H42N4O6. The normalized spacial score (nSPS) is 16.4. The maximum atomic E-state index is 12.4. The van der Waals surface area contributed by atoms with Crippen molar-refractivity contribution in [3.8, 4) is 11.1 Å². The SMILES string of the molecule is CC(=O)N1c2ccc(-c3ccc(CC(=O)NCCNC(=O)OC(C)(C)C)cc3)cc2[C@H](NC(=O)OC(C)C)C[C@@H]1C. The van der Waals surface area contributed by atoms with Crippen LogP contribution < -0.4 is 20.9 Å². The highest BCUT2D eigenvalue weighted by Crippen LogP contribution is 2.39. The Morgan fingerprint density at radius 2 is 1.59 bits per heavy atom. The maximum absolute atomic E-state index is 12.4. The molecule has 0 aromatic heterocycles. The minimum atomic E-state index is -0.577. The third-order valence-electron chi connectivity index (χ3n) is 6.42. The Morgan fingerprint density at radius 1 is 0.951 bits per heavy atom. The topological polar surface area (TPSA) is 126 Å². The van der Waals surface area contributed by atoms with Gasteiger partial charge in [0.25, 0.3) is 0 Å². The largest absolute Gasteiger partial charge is 0.447 e. The molecule has 1 aliphatic rings. The predicted octanol–water partition coefficient (Wildman–Crippen LogP) is 4.86. The highest BCUT2D eigenvalue weighted by molar-refractivity contribution is 5.94. The number of carbonyl (C=O) groups is 4. The summed E-state index contributed by atoms with van der Waals surface area (Å²) in [5.41, 5.74) is 3.75. The van der Waals surface area contributed by atoms with Crippen LogP contribution in [-0.4, -0.2) is 54.8 Å². The first-order valence-electron chi connectivity index (χ1n) is 14.0. The van der Waals surface area contributed by atoms with Crippen molar-refractivity contribution in [1.82, 2.24) is 16.0 Å². The Hall–Kier alpha value is -4.08. The number of alkyl carbamates (subject to hydrolysis) is 2. The van der Waals surface area contributed by atoms with Gasteiger partial charge < -0.3 is 30.3 Å².